The molecule has 0 saturated heterocycles. The van der Waals surface area contributed by atoms with E-state index in [2.05, 4.69) is 11.4 Å². The molecule has 6 heteroatoms. The largest absolute Gasteiger partial charge is 0.493 e. The summed E-state index contributed by atoms with van der Waals surface area (Å²) in [5.41, 5.74) is 5.44. The molecule has 32 heavy (non-hydrogen) atoms. The van der Waals surface area contributed by atoms with Crippen molar-refractivity contribution in [2.45, 2.75) is 6.92 Å². The number of benzene rings is 3. The van der Waals surface area contributed by atoms with Crippen LogP contribution < -0.4 is 24.3 Å². The number of ether oxygens (including phenoxy) is 4. The minimum Gasteiger partial charge on any atom is -0.493 e. The highest BCUT2D eigenvalue weighted by atomic mass is 19.1. The molecule has 3 rings (SSSR count). The van der Waals surface area contributed by atoms with Gasteiger partial charge in [-0.15, -0.1) is 0 Å². The van der Waals surface area contributed by atoms with Crippen molar-refractivity contribution in [2.75, 3.05) is 40.8 Å². The van der Waals surface area contributed by atoms with Crippen LogP contribution in [0, 0.1) is 5.82 Å². The molecule has 0 radical (unpaired) electrons. The van der Waals surface area contributed by atoms with Gasteiger partial charge in [-0.05, 0) is 60.0 Å². The van der Waals surface area contributed by atoms with Crippen molar-refractivity contribution in [1.29, 1.82) is 0 Å². The molecule has 0 saturated carbocycles. The zero-order valence-corrected chi connectivity index (χ0v) is 19.2. The number of anilines is 1. The Morgan fingerprint density at radius 2 is 1.44 bits per heavy atom. The van der Waals surface area contributed by atoms with Gasteiger partial charge in [-0.3, -0.25) is 0 Å². The van der Waals surface area contributed by atoms with E-state index >= 15 is 0 Å². The van der Waals surface area contributed by atoms with Gasteiger partial charge in [0.2, 0.25) is 0 Å². The average molecular weight is 438 g/mol. The Balaban J connectivity index is 2.16. The van der Waals surface area contributed by atoms with Crippen LogP contribution in [0.25, 0.3) is 22.8 Å². The van der Waals surface area contributed by atoms with Crippen molar-refractivity contribution < 1.29 is 23.3 Å². The van der Waals surface area contributed by atoms with Crippen LogP contribution in [-0.2, 0) is 0 Å². The van der Waals surface area contributed by atoms with Crippen molar-refractivity contribution in [1.82, 2.24) is 0 Å². The van der Waals surface area contributed by atoms with Crippen molar-refractivity contribution >= 4 is 17.3 Å². The van der Waals surface area contributed by atoms with Crippen LogP contribution >= 0.6 is 0 Å². The van der Waals surface area contributed by atoms with Crippen LogP contribution in [0.15, 0.2) is 48.5 Å². The quantitative estimate of drug-likeness (QED) is 0.430. The molecule has 0 aromatic heterocycles. The molecule has 0 atom stereocenters. The molecule has 0 fully saturated rings. The second-order valence-corrected chi connectivity index (χ2v) is 7.14. The Bertz CT molecular complexity index is 1120. The van der Waals surface area contributed by atoms with Crippen LogP contribution in [0.5, 0.6) is 23.0 Å². The van der Waals surface area contributed by atoms with E-state index in [4.69, 9.17) is 18.9 Å². The number of hydrogen-bond acceptors (Lipinski definition) is 5. The average Bonchev–Trinajstić information content (AvgIpc) is 2.83. The lowest BCUT2D eigenvalue weighted by Gasteiger charge is -2.17. The summed E-state index contributed by atoms with van der Waals surface area (Å²) in [6, 6.07) is 14.1. The fourth-order valence-electron chi connectivity index (χ4n) is 3.58. The lowest BCUT2D eigenvalue weighted by molar-refractivity contribution is 0.355. The number of methoxy groups -OCH3 is 4. The number of halogens is 1. The van der Waals surface area contributed by atoms with Crippen molar-refractivity contribution in [3.05, 3.63) is 65.5 Å². The third-order valence-corrected chi connectivity index (χ3v) is 5.29. The van der Waals surface area contributed by atoms with E-state index in [-0.39, 0.29) is 5.82 Å². The molecule has 0 unspecified atom stereocenters. The third kappa shape index (κ3) is 4.64. The second-order valence-electron chi connectivity index (χ2n) is 7.14. The molecule has 0 aliphatic carbocycles. The first-order chi connectivity index (χ1) is 15.4. The summed E-state index contributed by atoms with van der Waals surface area (Å²) in [5, 5.41) is 3.20. The Hall–Kier alpha value is -3.67. The maximum atomic E-state index is 13.5. The summed E-state index contributed by atoms with van der Waals surface area (Å²) in [4.78, 5) is 0. The molecule has 0 aliphatic rings. The molecule has 0 aliphatic heterocycles. The fourth-order valence-corrected chi connectivity index (χ4v) is 3.58. The zero-order chi connectivity index (χ0) is 23.3. The van der Waals surface area contributed by atoms with E-state index in [0.29, 0.717) is 23.0 Å². The van der Waals surface area contributed by atoms with Crippen LogP contribution in [0.4, 0.5) is 10.1 Å². The Kier molecular flexibility index (Phi) is 7.25. The lowest BCUT2D eigenvalue weighted by atomic mass is 9.96. The fraction of sp³-hybridized carbons (Fsp3) is 0.231. The monoisotopic (exact) mass is 437 g/mol. The summed E-state index contributed by atoms with van der Waals surface area (Å²) < 4.78 is 35.6. The minimum atomic E-state index is -0.292. The van der Waals surface area contributed by atoms with Gasteiger partial charge in [-0.25, -0.2) is 4.39 Å². The van der Waals surface area contributed by atoms with Gasteiger partial charge in [0.1, 0.15) is 5.82 Å². The third-order valence-electron chi connectivity index (χ3n) is 5.29. The van der Waals surface area contributed by atoms with Gasteiger partial charge in [-0.1, -0.05) is 12.1 Å². The first-order valence-corrected chi connectivity index (χ1v) is 10.1. The molecule has 0 heterocycles. The number of hydrogen-bond donors (Lipinski definition) is 1. The predicted octanol–water partition coefficient (Wildman–Crippen LogP) is 6.13. The molecule has 0 bridgehead atoms. The van der Waals surface area contributed by atoms with E-state index in [1.165, 1.54) is 12.1 Å². The van der Waals surface area contributed by atoms with Gasteiger partial charge in [0, 0.05) is 29.9 Å². The maximum Gasteiger partial charge on any atom is 0.168 e. The Morgan fingerprint density at radius 1 is 0.812 bits per heavy atom. The standard InChI is InChI=1S/C26H28FNO4/c1-16(11-19-14-23(29-3)24(30-4)15-22(19)28-2)18-12-21(17-7-9-20(27)10-8-17)26(32-6)25(13-18)31-5/h7-15,28H,1-6H3/b16-11+. The molecule has 3 aromatic carbocycles. The van der Waals surface area contributed by atoms with Gasteiger partial charge in [0.05, 0.1) is 28.4 Å². The van der Waals surface area contributed by atoms with Crippen molar-refractivity contribution in [3.63, 3.8) is 0 Å². The highest BCUT2D eigenvalue weighted by molar-refractivity contribution is 5.88. The van der Waals surface area contributed by atoms with E-state index in [9.17, 15) is 4.39 Å². The highest BCUT2D eigenvalue weighted by Gasteiger charge is 2.16. The number of rotatable bonds is 8. The number of nitrogens with one attached hydrogen (secondary N) is 1. The molecule has 1 N–H and O–H groups in total. The molecule has 0 amide bonds. The van der Waals surface area contributed by atoms with Crippen LogP contribution in [-0.4, -0.2) is 35.5 Å². The van der Waals surface area contributed by atoms with E-state index in [1.807, 2.05) is 38.2 Å². The maximum absolute atomic E-state index is 13.5. The van der Waals surface area contributed by atoms with E-state index in [0.717, 1.165) is 33.5 Å². The summed E-state index contributed by atoms with van der Waals surface area (Å²) in [6.07, 6.45) is 2.06. The minimum absolute atomic E-state index is 0.292. The normalized spacial score (nSPS) is 11.2. The molecular weight excluding hydrogens is 409 g/mol. The summed E-state index contributed by atoms with van der Waals surface area (Å²) in [7, 11) is 8.27. The first kappa shape index (κ1) is 23.0. The van der Waals surface area contributed by atoms with Crippen LogP contribution in [0.1, 0.15) is 18.1 Å². The molecule has 5 nitrogen and oxygen atoms in total. The number of allylic oxidation sites excluding steroid dienone is 1. The van der Waals surface area contributed by atoms with E-state index in [1.54, 1.807) is 40.6 Å². The van der Waals surface area contributed by atoms with Crippen LogP contribution in [0.2, 0.25) is 0 Å². The topological polar surface area (TPSA) is 49.0 Å². The molecule has 0 spiro atoms. The van der Waals surface area contributed by atoms with Gasteiger partial charge in [0.15, 0.2) is 23.0 Å². The second kappa shape index (κ2) is 10.1. The van der Waals surface area contributed by atoms with Gasteiger partial charge in [-0.2, -0.15) is 0 Å². The summed E-state index contributed by atoms with van der Waals surface area (Å²) in [5.74, 6) is 2.19. The molecule has 3 aromatic rings. The Morgan fingerprint density at radius 3 is 2.00 bits per heavy atom. The van der Waals surface area contributed by atoms with Crippen molar-refractivity contribution in [2.24, 2.45) is 0 Å². The summed E-state index contributed by atoms with van der Waals surface area (Å²) >= 11 is 0. The van der Waals surface area contributed by atoms with Crippen molar-refractivity contribution in [3.8, 4) is 34.1 Å². The molecule has 168 valence electrons. The Labute approximate surface area is 188 Å². The first-order valence-electron chi connectivity index (χ1n) is 10.1. The van der Waals surface area contributed by atoms with Gasteiger partial charge < -0.3 is 24.3 Å². The van der Waals surface area contributed by atoms with Gasteiger partial charge in [0.25, 0.3) is 0 Å². The zero-order valence-electron chi connectivity index (χ0n) is 19.2. The van der Waals surface area contributed by atoms with Crippen LogP contribution in [0.3, 0.4) is 0 Å². The highest BCUT2D eigenvalue weighted by Crippen LogP contribution is 2.42. The predicted molar refractivity (Wildman–Crippen MR) is 128 cm³/mol. The van der Waals surface area contributed by atoms with E-state index < -0.39 is 0 Å². The smallest absolute Gasteiger partial charge is 0.168 e. The lowest BCUT2D eigenvalue weighted by Crippen LogP contribution is -1.98. The molecular formula is C26H28FNO4. The SMILES string of the molecule is CNc1cc(OC)c(OC)cc1/C=C(\C)c1cc(OC)c(OC)c(-c2ccc(F)cc2)c1. The van der Waals surface area contributed by atoms with Gasteiger partial charge >= 0.3 is 0 Å². The summed E-state index contributed by atoms with van der Waals surface area (Å²) in [6.45, 7) is 2.02.